The summed E-state index contributed by atoms with van der Waals surface area (Å²) in [6.07, 6.45) is -3.74. The van der Waals surface area contributed by atoms with Crippen LogP contribution in [0, 0.1) is 0 Å². The van der Waals surface area contributed by atoms with E-state index in [1.54, 1.807) is 0 Å². The van der Waals surface area contributed by atoms with Gasteiger partial charge in [-0.25, -0.2) is 4.98 Å². The van der Waals surface area contributed by atoms with Crippen molar-refractivity contribution in [3.63, 3.8) is 0 Å². The maximum atomic E-state index is 12.8. The number of pyridine rings is 1. The molecule has 20 heavy (non-hydrogen) atoms. The lowest BCUT2D eigenvalue weighted by atomic mass is 10.2. The summed E-state index contributed by atoms with van der Waals surface area (Å²) in [6.45, 7) is 3.83. The average molecular weight is 290 g/mol. The number of amides is 1. The highest BCUT2D eigenvalue weighted by Crippen LogP contribution is 2.32. The number of carbonyl (C=O) groups is 1. The molecular weight excluding hydrogens is 273 g/mol. The van der Waals surface area contributed by atoms with Crippen LogP contribution in [0.4, 0.5) is 24.8 Å². The van der Waals surface area contributed by atoms with Gasteiger partial charge >= 0.3 is 6.18 Å². The third-order valence-corrected chi connectivity index (χ3v) is 2.50. The Morgan fingerprint density at radius 2 is 2.00 bits per heavy atom. The van der Waals surface area contributed by atoms with Gasteiger partial charge < -0.3 is 16.4 Å². The molecular formula is C12H17F3N4O. The van der Waals surface area contributed by atoms with Gasteiger partial charge in [-0.3, -0.25) is 4.79 Å². The summed E-state index contributed by atoms with van der Waals surface area (Å²) in [5.41, 5.74) is 4.22. The molecule has 1 aromatic rings. The van der Waals surface area contributed by atoms with Crippen LogP contribution in [0.1, 0.15) is 25.8 Å². The normalized spacial score (nSPS) is 12.8. The fourth-order valence-corrected chi connectivity index (χ4v) is 1.40. The summed E-state index contributed by atoms with van der Waals surface area (Å²) in [5.74, 6) is -0.627. The second kappa shape index (κ2) is 6.44. The van der Waals surface area contributed by atoms with Crippen LogP contribution >= 0.6 is 0 Å². The van der Waals surface area contributed by atoms with Crippen molar-refractivity contribution >= 4 is 17.5 Å². The van der Waals surface area contributed by atoms with E-state index in [2.05, 4.69) is 15.6 Å². The lowest BCUT2D eigenvalue weighted by Crippen LogP contribution is -2.33. The van der Waals surface area contributed by atoms with Gasteiger partial charge in [-0.15, -0.1) is 0 Å². The van der Waals surface area contributed by atoms with Gasteiger partial charge in [-0.1, -0.05) is 6.92 Å². The monoisotopic (exact) mass is 290 g/mol. The van der Waals surface area contributed by atoms with Crippen molar-refractivity contribution < 1.29 is 18.0 Å². The van der Waals surface area contributed by atoms with Crippen LogP contribution in [0.2, 0.25) is 0 Å². The predicted molar refractivity (Wildman–Crippen MR) is 70.3 cm³/mol. The zero-order valence-electron chi connectivity index (χ0n) is 11.2. The van der Waals surface area contributed by atoms with Crippen LogP contribution in [0.3, 0.4) is 0 Å². The third kappa shape index (κ3) is 4.60. The number of nitrogens with one attached hydrogen (secondary N) is 2. The van der Waals surface area contributed by atoms with Crippen LogP contribution in [-0.2, 0) is 11.0 Å². The van der Waals surface area contributed by atoms with Crippen LogP contribution in [0.25, 0.3) is 0 Å². The highest BCUT2D eigenvalue weighted by molar-refractivity contribution is 5.82. The number of nitrogens with zero attached hydrogens (tertiary/aromatic N) is 1. The van der Waals surface area contributed by atoms with Crippen molar-refractivity contribution in [1.82, 2.24) is 4.98 Å². The van der Waals surface area contributed by atoms with Crippen molar-refractivity contribution in [1.29, 1.82) is 0 Å². The molecule has 112 valence electrons. The first-order valence-electron chi connectivity index (χ1n) is 6.13. The zero-order valence-corrected chi connectivity index (χ0v) is 11.2. The van der Waals surface area contributed by atoms with E-state index in [1.165, 1.54) is 6.92 Å². The van der Waals surface area contributed by atoms with E-state index in [4.69, 9.17) is 5.73 Å². The number of carbonyl (C=O) groups excluding carboxylic acids is 1. The number of anilines is 2. The van der Waals surface area contributed by atoms with E-state index in [0.29, 0.717) is 6.54 Å². The summed E-state index contributed by atoms with van der Waals surface area (Å²) >= 11 is 0. The molecule has 0 radical (unpaired) electrons. The summed E-state index contributed by atoms with van der Waals surface area (Å²) in [4.78, 5) is 14.9. The lowest BCUT2D eigenvalue weighted by Gasteiger charge is -2.15. The minimum absolute atomic E-state index is 0.0512. The molecule has 1 rings (SSSR count). The topological polar surface area (TPSA) is 80.0 Å². The Labute approximate surface area is 114 Å². The van der Waals surface area contributed by atoms with E-state index in [-0.39, 0.29) is 11.6 Å². The van der Waals surface area contributed by atoms with E-state index < -0.39 is 23.7 Å². The second-order valence-corrected chi connectivity index (χ2v) is 4.32. The Kier molecular flexibility index (Phi) is 5.18. The lowest BCUT2D eigenvalue weighted by molar-refractivity contribution is -0.137. The van der Waals surface area contributed by atoms with E-state index in [9.17, 15) is 18.0 Å². The predicted octanol–water partition coefficient (Wildman–Crippen LogP) is 2.21. The SMILES string of the molecule is CCCNc1cc(C(F)(F)F)cc(NC(C)C(N)=O)n1. The second-order valence-electron chi connectivity index (χ2n) is 4.32. The molecule has 1 heterocycles. The van der Waals surface area contributed by atoms with Crippen LogP contribution in [0.15, 0.2) is 12.1 Å². The Hall–Kier alpha value is -1.99. The number of hydrogen-bond donors (Lipinski definition) is 3. The molecule has 0 aromatic carbocycles. The van der Waals surface area contributed by atoms with E-state index in [1.807, 2.05) is 6.92 Å². The summed E-state index contributed by atoms with van der Waals surface area (Å²) in [7, 11) is 0. The molecule has 1 amide bonds. The number of halogens is 3. The third-order valence-electron chi connectivity index (χ3n) is 2.50. The number of alkyl halides is 3. The molecule has 5 nitrogen and oxygen atoms in total. The summed E-state index contributed by atoms with van der Waals surface area (Å²) in [5, 5.41) is 5.33. The van der Waals surface area contributed by atoms with Gasteiger partial charge in [0.1, 0.15) is 17.7 Å². The van der Waals surface area contributed by atoms with Crippen molar-refractivity contribution in [2.24, 2.45) is 5.73 Å². The first kappa shape index (κ1) is 16.1. The molecule has 0 fully saturated rings. The van der Waals surface area contributed by atoms with Gasteiger partial charge in [-0.05, 0) is 25.5 Å². The number of nitrogens with two attached hydrogens (primary N) is 1. The summed E-state index contributed by atoms with van der Waals surface area (Å²) < 4.78 is 38.4. The largest absolute Gasteiger partial charge is 0.416 e. The maximum absolute atomic E-state index is 12.8. The molecule has 4 N–H and O–H groups in total. The Morgan fingerprint density at radius 3 is 2.50 bits per heavy atom. The average Bonchev–Trinajstić information content (AvgIpc) is 2.34. The molecule has 0 aliphatic rings. The van der Waals surface area contributed by atoms with Gasteiger partial charge in [0, 0.05) is 6.54 Å². The molecule has 0 spiro atoms. The highest BCUT2D eigenvalue weighted by atomic mass is 19.4. The number of aromatic nitrogens is 1. The molecule has 0 aliphatic heterocycles. The smallest absolute Gasteiger partial charge is 0.370 e. The van der Waals surface area contributed by atoms with Gasteiger partial charge in [0.05, 0.1) is 5.56 Å². The standard InChI is InChI=1S/C12H17F3N4O/c1-3-4-17-9-5-8(12(13,14)15)6-10(19-9)18-7(2)11(16)20/h5-7H,3-4H2,1-2H3,(H2,16,20)(H2,17,18,19). The summed E-state index contributed by atoms with van der Waals surface area (Å²) in [6, 6.07) is 0.955. The number of hydrogen-bond acceptors (Lipinski definition) is 4. The van der Waals surface area contributed by atoms with Crippen molar-refractivity contribution in [2.75, 3.05) is 17.2 Å². The zero-order chi connectivity index (χ0) is 15.3. The number of primary amides is 1. The maximum Gasteiger partial charge on any atom is 0.416 e. The Balaban J connectivity index is 3.06. The quantitative estimate of drug-likeness (QED) is 0.750. The van der Waals surface area contributed by atoms with E-state index in [0.717, 1.165) is 18.6 Å². The molecule has 1 aromatic heterocycles. The molecule has 1 atom stereocenters. The van der Waals surface area contributed by atoms with Gasteiger partial charge in [0.2, 0.25) is 5.91 Å². The van der Waals surface area contributed by atoms with E-state index >= 15 is 0 Å². The first-order chi connectivity index (χ1) is 9.24. The van der Waals surface area contributed by atoms with Crippen molar-refractivity contribution in [2.45, 2.75) is 32.5 Å². The Bertz CT molecular complexity index is 476. The van der Waals surface area contributed by atoms with Gasteiger partial charge in [0.15, 0.2) is 0 Å². The molecule has 1 unspecified atom stereocenters. The van der Waals surface area contributed by atoms with Gasteiger partial charge in [-0.2, -0.15) is 13.2 Å². The molecule has 0 saturated heterocycles. The first-order valence-corrected chi connectivity index (χ1v) is 6.13. The molecule has 0 saturated carbocycles. The molecule has 0 aliphatic carbocycles. The molecule has 8 heteroatoms. The van der Waals surface area contributed by atoms with Crippen LogP contribution in [-0.4, -0.2) is 23.5 Å². The highest BCUT2D eigenvalue weighted by Gasteiger charge is 2.31. The minimum Gasteiger partial charge on any atom is -0.370 e. The fourth-order valence-electron chi connectivity index (χ4n) is 1.40. The Morgan fingerprint density at radius 1 is 1.40 bits per heavy atom. The van der Waals surface area contributed by atoms with Crippen molar-refractivity contribution in [3.05, 3.63) is 17.7 Å². The minimum atomic E-state index is -4.49. The molecule has 0 bridgehead atoms. The van der Waals surface area contributed by atoms with Crippen LogP contribution in [0.5, 0.6) is 0 Å². The van der Waals surface area contributed by atoms with Gasteiger partial charge in [0.25, 0.3) is 0 Å². The van der Waals surface area contributed by atoms with Crippen LogP contribution < -0.4 is 16.4 Å². The number of rotatable bonds is 6. The van der Waals surface area contributed by atoms with Crippen molar-refractivity contribution in [3.8, 4) is 0 Å². The fraction of sp³-hybridized carbons (Fsp3) is 0.500.